The first-order chi connectivity index (χ1) is 18.5. The van der Waals surface area contributed by atoms with E-state index in [1.54, 1.807) is 48.8 Å². The number of hydrogen-bond acceptors (Lipinski definition) is 6. The molecule has 1 aromatic carbocycles. The number of carbonyl (C=O) groups is 1. The number of nitriles is 1. The summed E-state index contributed by atoms with van der Waals surface area (Å²) in [7, 11) is -3.83. The highest BCUT2D eigenvalue weighted by Gasteiger charge is 2.29. The average Bonchev–Trinajstić information content (AvgIpc) is 3.54. The van der Waals surface area contributed by atoms with E-state index < -0.39 is 10.0 Å². The van der Waals surface area contributed by atoms with E-state index in [4.69, 9.17) is 10.2 Å². The number of nitrogens with zero attached hydrogens (tertiary/aromatic N) is 5. The summed E-state index contributed by atoms with van der Waals surface area (Å²) < 4.78 is 30.2. The highest BCUT2D eigenvalue weighted by molar-refractivity contribution is 7.90. The zero-order valence-corrected chi connectivity index (χ0v) is 21.9. The number of fused-ring (bicyclic) bond motifs is 3. The molecular weight excluding hydrogens is 500 g/mol. The minimum Gasteiger partial charge on any atom is -0.355 e. The van der Waals surface area contributed by atoms with Crippen molar-refractivity contribution in [2.45, 2.75) is 62.3 Å². The molecule has 0 spiro atoms. The highest BCUT2D eigenvalue weighted by atomic mass is 32.2. The first-order valence-corrected chi connectivity index (χ1v) is 14.7. The maximum atomic E-state index is 13.4. The molecule has 2 saturated carbocycles. The Morgan fingerprint density at radius 3 is 2.50 bits per heavy atom. The van der Waals surface area contributed by atoms with Gasteiger partial charge in [-0.25, -0.2) is 22.4 Å². The van der Waals surface area contributed by atoms with Crippen molar-refractivity contribution in [1.82, 2.24) is 23.8 Å². The maximum Gasteiger partial charge on any atom is 0.269 e. The van der Waals surface area contributed by atoms with Crippen LogP contribution in [-0.2, 0) is 21.2 Å². The van der Waals surface area contributed by atoms with Crippen LogP contribution in [0.1, 0.15) is 56.8 Å². The Bertz CT molecular complexity index is 1640. The number of benzene rings is 1. The van der Waals surface area contributed by atoms with E-state index in [-0.39, 0.29) is 23.3 Å². The van der Waals surface area contributed by atoms with E-state index in [2.05, 4.69) is 20.9 Å². The Balaban J connectivity index is 1.43. The third-order valence-electron chi connectivity index (χ3n) is 7.87. The number of nitrogens with one attached hydrogen (secondary N) is 1. The molecule has 38 heavy (non-hydrogen) atoms. The van der Waals surface area contributed by atoms with Crippen LogP contribution in [0.5, 0.6) is 0 Å². The largest absolute Gasteiger partial charge is 0.355 e. The normalized spacial score (nSPS) is 20.0. The minimum atomic E-state index is -3.83. The fourth-order valence-corrected chi connectivity index (χ4v) is 6.96. The Morgan fingerprint density at radius 2 is 1.79 bits per heavy atom. The molecular formula is C28H30N6O3S. The van der Waals surface area contributed by atoms with Crippen LogP contribution in [-0.4, -0.2) is 39.4 Å². The summed E-state index contributed by atoms with van der Waals surface area (Å²) in [6, 6.07) is 12.5. The number of carbonyl (C=O) groups excluding carboxylic acids is 1. The van der Waals surface area contributed by atoms with Crippen LogP contribution in [0, 0.1) is 23.2 Å². The molecule has 2 fully saturated rings. The summed E-state index contributed by atoms with van der Waals surface area (Å²) in [4.78, 5) is 22.4. The van der Waals surface area contributed by atoms with Gasteiger partial charge in [-0.1, -0.05) is 18.2 Å². The van der Waals surface area contributed by atoms with Crippen molar-refractivity contribution in [3.8, 4) is 6.07 Å². The first kappa shape index (κ1) is 24.6. The molecule has 0 aliphatic heterocycles. The van der Waals surface area contributed by atoms with Crippen molar-refractivity contribution in [3.05, 3.63) is 54.6 Å². The van der Waals surface area contributed by atoms with Gasteiger partial charge in [0.15, 0.2) is 5.65 Å². The number of aromatic nitrogens is 4. The summed E-state index contributed by atoms with van der Waals surface area (Å²) in [5, 5.41) is 12.9. The maximum absolute atomic E-state index is 13.4. The van der Waals surface area contributed by atoms with E-state index in [0.717, 1.165) is 44.0 Å². The van der Waals surface area contributed by atoms with Crippen LogP contribution >= 0.6 is 0 Å². The van der Waals surface area contributed by atoms with Crippen molar-refractivity contribution >= 4 is 38.0 Å². The molecule has 1 amide bonds. The van der Waals surface area contributed by atoms with Crippen LogP contribution in [0.15, 0.2) is 53.7 Å². The standard InChI is InChI=1S/C28H30N6O3S/c29-14-12-19-8-10-21(11-9-19)34-25(16-26(35)30-17-20-6-7-20)32-24-18-31-28-23(27(24)34)13-15-33(28)38(36,37)22-4-2-1-3-5-22/h1-5,13,15,18-21H,6-12,16-17H2,(H,30,35). The van der Waals surface area contributed by atoms with E-state index in [1.807, 2.05) is 0 Å². The third-order valence-corrected chi connectivity index (χ3v) is 9.55. The molecule has 0 unspecified atom stereocenters. The fraction of sp³-hybridized carbons (Fsp3) is 0.429. The minimum absolute atomic E-state index is 0.0555. The number of amides is 1. The molecule has 0 bridgehead atoms. The van der Waals surface area contributed by atoms with Gasteiger partial charge in [0.1, 0.15) is 11.3 Å². The van der Waals surface area contributed by atoms with Gasteiger partial charge >= 0.3 is 0 Å². The van der Waals surface area contributed by atoms with Gasteiger partial charge in [0, 0.05) is 30.6 Å². The Morgan fingerprint density at radius 1 is 1.05 bits per heavy atom. The molecule has 10 heteroatoms. The predicted octanol–water partition coefficient (Wildman–Crippen LogP) is 4.34. The number of pyridine rings is 1. The van der Waals surface area contributed by atoms with Gasteiger partial charge in [-0.2, -0.15) is 5.26 Å². The number of imidazole rings is 1. The summed E-state index contributed by atoms with van der Waals surface area (Å²) in [6.07, 6.45) is 9.82. The zero-order chi connectivity index (χ0) is 26.3. The van der Waals surface area contributed by atoms with Gasteiger partial charge < -0.3 is 9.88 Å². The Hall–Kier alpha value is -3.71. The third kappa shape index (κ3) is 4.56. The molecule has 2 aliphatic carbocycles. The van der Waals surface area contributed by atoms with Crippen molar-refractivity contribution in [3.63, 3.8) is 0 Å². The summed E-state index contributed by atoms with van der Waals surface area (Å²) in [5.41, 5.74) is 1.80. The van der Waals surface area contributed by atoms with E-state index in [1.165, 1.54) is 3.97 Å². The second kappa shape index (κ2) is 9.87. The van der Waals surface area contributed by atoms with Crippen LogP contribution in [0.2, 0.25) is 0 Å². The summed E-state index contributed by atoms with van der Waals surface area (Å²) >= 11 is 0. The fourth-order valence-electron chi connectivity index (χ4n) is 5.64. The molecule has 1 N–H and O–H groups in total. The average molecular weight is 531 g/mol. The number of hydrogen-bond donors (Lipinski definition) is 1. The molecule has 3 heterocycles. The van der Waals surface area contributed by atoms with Crippen LogP contribution in [0.3, 0.4) is 0 Å². The molecule has 6 rings (SSSR count). The lowest BCUT2D eigenvalue weighted by molar-refractivity contribution is -0.120. The van der Waals surface area contributed by atoms with E-state index in [0.29, 0.717) is 47.2 Å². The molecule has 3 aromatic heterocycles. The Labute approximate surface area is 221 Å². The zero-order valence-electron chi connectivity index (χ0n) is 21.1. The molecule has 9 nitrogen and oxygen atoms in total. The van der Waals surface area contributed by atoms with Gasteiger partial charge in [-0.05, 0) is 68.6 Å². The van der Waals surface area contributed by atoms with Crippen LogP contribution < -0.4 is 5.32 Å². The summed E-state index contributed by atoms with van der Waals surface area (Å²) in [5.74, 6) is 1.59. The van der Waals surface area contributed by atoms with Crippen molar-refractivity contribution in [1.29, 1.82) is 5.26 Å². The summed E-state index contributed by atoms with van der Waals surface area (Å²) in [6.45, 7) is 0.699. The molecule has 196 valence electrons. The van der Waals surface area contributed by atoms with Gasteiger partial charge in [-0.3, -0.25) is 4.79 Å². The lowest BCUT2D eigenvalue weighted by atomic mass is 9.84. The van der Waals surface area contributed by atoms with Crippen molar-refractivity contribution in [2.24, 2.45) is 11.8 Å². The molecule has 0 saturated heterocycles. The predicted molar refractivity (Wildman–Crippen MR) is 143 cm³/mol. The SMILES string of the molecule is N#CCC1CCC(n2c(CC(=O)NCC3CC3)nc3cnc4c(ccn4S(=O)(=O)c4ccccc4)c32)CC1. The lowest BCUT2D eigenvalue weighted by Crippen LogP contribution is -2.29. The highest BCUT2D eigenvalue weighted by Crippen LogP contribution is 2.38. The van der Waals surface area contributed by atoms with Crippen LogP contribution in [0.4, 0.5) is 0 Å². The van der Waals surface area contributed by atoms with Gasteiger partial charge in [-0.15, -0.1) is 0 Å². The monoisotopic (exact) mass is 530 g/mol. The molecule has 2 aliphatic rings. The molecule has 4 aromatic rings. The topological polar surface area (TPSA) is 123 Å². The smallest absolute Gasteiger partial charge is 0.269 e. The van der Waals surface area contributed by atoms with Crippen LogP contribution in [0.25, 0.3) is 22.1 Å². The van der Waals surface area contributed by atoms with Crippen molar-refractivity contribution in [2.75, 3.05) is 6.54 Å². The van der Waals surface area contributed by atoms with E-state index >= 15 is 0 Å². The Kier molecular flexibility index (Phi) is 6.40. The second-order valence-electron chi connectivity index (χ2n) is 10.5. The number of rotatable bonds is 8. The van der Waals surface area contributed by atoms with Gasteiger partial charge in [0.05, 0.1) is 29.1 Å². The second-order valence-corrected chi connectivity index (χ2v) is 12.3. The van der Waals surface area contributed by atoms with Gasteiger partial charge in [0.2, 0.25) is 5.91 Å². The molecule has 0 radical (unpaired) electrons. The quantitative estimate of drug-likeness (QED) is 0.362. The lowest BCUT2D eigenvalue weighted by Gasteiger charge is -2.30. The van der Waals surface area contributed by atoms with Crippen molar-refractivity contribution < 1.29 is 13.2 Å². The molecule has 0 atom stereocenters. The van der Waals surface area contributed by atoms with E-state index in [9.17, 15) is 13.2 Å². The van der Waals surface area contributed by atoms with Gasteiger partial charge in [0.25, 0.3) is 10.0 Å². The first-order valence-electron chi connectivity index (χ1n) is 13.3.